The SMILES string of the molecule is Cc1ccc(NC(=O)[C@H]2[C@H]3C[C@@H]4[C@@H]2C(=O)O[C@H]4C3)cc1Cl. The van der Waals surface area contributed by atoms with Crippen LogP contribution in [-0.2, 0) is 14.3 Å². The Morgan fingerprint density at radius 2 is 2.19 bits per heavy atom. The number of carbonyl (C=O) groups excluding carboxylic acids is 2. The predicted molar refractivity (Wildman–Crippen MR) is 77.9 cm³/mol. The lowest BCUT2D eigenvalue weighted by Crippen LogP contribution is -2.35. The van der Waals surface area contributed by atoms with Gasteiger partial charge in [-0.1, -0.05) is 17.7 Å². The summed E-state index contributed by atoms with van der Waals surface area (Å²) >= 11 is 6.08. The number of ether oxygens (including phenoxy) is 1. The van der Waals surface area contributed by atoms with E-state index in [1.165, 1.54) is 0 Å². The molecular formula is C16H16ClNO3. The summed E-state index contributed by atoms with van der Waals surface area (Å²) in [6, 6.07) is 5.46. The number of halogens is 1. The highest BCUT2D eigenvalue weighted by molar-refractivity contribution is 6.31. The number of hydrogen-bond acceptors (Lipinski definition) is 3. The van der Waals surface area contributed by atoms with Gasteiger partial charge in [0.1, 0.15) is 6.10 Å². The number of aryl methyl sites for hydroxylation is 1. The Balaban J connectivity index is 1.55. The number of rotatable bonds is 2. The molecule has 2 saturated carbocycles. The normalized spacial score (nSPS) is 35.9. The van der Waals surface area contributed by atoms with Crippen LogP contribution >= 0.6 is 11.6 Å². The van der Waals surface area contributed by atoms with Gasteiger partial charge in [0, 0.05) is 16.6 Å². The molecule has 1 amide bonds. The van der Waals surface area contributed by atoms with Gasteiger partial charge < -0.3 is 10.1 Å². The molecule has 3 fully saturated rings. The number of carbonyl (C=O) groups is 2. The van der Waals surface area contributed by atoms with Gasteiger partial charge in [-0.15, -0.1) is 0 Å². The Kier molecular flexibility index (Phi) is 2.80. The van der Waals surface area contributed by atoms with Crippen LogP contribution < -0.4 is 5.32 Å². The van der Waals surface area contributed by atoms with Crippen molar-refractivity contribution in [2.75, 3.05) is 5.32 Å². The molecule has 4 rings (SSSR count). The van der Waals surface area contributed by atoms with E-state index in [9.17, 15) is 9.59 Å². The largest absolute Gasteiger partial charge is 0.462 e. The summed E-state index contributed by atoms with van der Waals surface area (Å²) < 4.78 is 5.36. The van der Waals surface area contributed by atoms with E-state index in [4.69, 9.17) is 16.3 Å². The first kappa shape index (κ1) is 13.1. The summed E-state index contributed by atoms with van der Waals surface area (Å²) in [5, 5.41) is 3.53. The molecule has 0 unspecified atom stereocenters. The van der Waals surface area contributed by atoms with E-state index < -0.39 is 0 Å². The van der Waals surface area contributed by atoms with Crippen LogP contribution in [0.1, 0.15) is 18.4 Å². The topological polar surface area (TPSA) is 55.4 Å². The second kappa shape index (κ2) is 4.47. The Hall–Kier alpha value is -1.55. The van der Waals surface area contributed by atoms with E-state index in [2.05, 4.69) is 5.32 Å². The van der Waals surface area contributed by atoms with Crippen molar-refractivity contribution in [2.24, 2.45) is 23.7 Å². The molecule has 0 aromatic heterocycles. The van der Waals surface area contributed by atoms with Crippen molar-refractivity contribution in [1.82, 2.24) is 0 Å². The van der Waals surface area contributed by atoms with Crippen molar-refractivity contribution in [3.8, 4) is 0 Å². The van der Waals surface area contributed by atoms with Gasteiger partial charge in [0.05, 0.1) is 11.8 Å². The molecule has 2 bridgehead atoms. The first-order chi connectivity index (χ1) is 10.0. The van der Waals surface area contributed by atoms with Crippen molar-refractivity contribution in [3.05, 3.63) is 28.8 Å². The molecule has 1 saturated heterocycles. The van der Waals surface area contributed by atoms with Crippen molar-refractivity contribution >= 4 is 29.2 Å². The first-order valence-corrected chi connectivity index (χ1v) is 7.70. The summed E-state index contributed by atoms with van der Waals surface area (Å²) in [7, 11) is 0. The number of benzene rings is 1. The lowest BCUT2D eigenvalue weighted by molar-refractivity contribution is -0.145. The number of amides is 1. The molecule has 2 aliphatic carbocycles. The molecule has 3 aliphatic rings. The third-order valence-corrected chi connectivity index (χ3v) is 5.63. The van der Waals surface area contributed by atoms with Crippen molar-refractivity contribution in [2.45, 2.75) is 25.9 Å². The smallest absolute Gasteiger partial charge is 0.310 e. The van der Waals surface area contributed by atoms with E-state index in [1.54, 1.807) is 6.07 Å². The fourth-order valence-electron chi connectivity index (χ4n) is 4.26. The number of nitrogens with one attached hydrogen (secondary N) is 1. The van der Waals surface area contributed by atoms with Gasteiger partial charge in [-0.3, -0.25) is 9.59 Å². The predicted octanol–water partition coefficient (Wildman–Crippen LogP) is 2.78. The maximum Gasteiger partial charge on any atom is 0.310 e. The molecule has 0 radical (unpaired) electrons. The molecule has 110 valence electrons. The summed E-state index contributed by atoms with van der Waals surface area (Å²) in [6.07, 6.45) is 1.83. The molecule has 1 N–H and O–H groups in total. The van der Waals surface area contributed by atoms with Gasteiger partial charge in [-0.25, -0.2) is 0 Å². The van der Waals surface area contributed by atoms with E-state index >= 15 is 0 Å². The Morgan fingerprint density at radius 3 is 2.95 bits per heavy atom. The fraction of sp³-hybridized carbons (Fsp3) is 0.500. The molecule has 0 spiro atoms. The minimum absolute atomic E-state index is 0.0605. The third-order valence-electron chi connectivity index (χ3n) is 5.23. The van der Waals surface area contributed by atoms with Crippen molar-refractivity contribution in [3.63, 3.8) is 0 Å². The van der Waals surface area contributed by atoms with Crippen LogP contribution in [0.3, 0.4) is 0 Å². The Morgan fingerprint density at radius 1 is 1.38 bits per heavy atom. The number of anilines is 1. The highest BCUT2D eigenvalue weighted by Gasteiger charge is 2.63. The zero-order valence-corrected chi connectivity index (χ0v) is 12.4. The lowest BCUT2D eigenvalue weighted by atomic mass is 9.79. The second-order valence-corrected chi connectivity index (χ2v) is 6.78. The van der Waals surface area contributed by atoms with Gasteiger partial charge in [0.2, 0.25) is 5.91 Å². The van der Waals surface area contributed by atoms with Gasteiger partial charge in [-0.2, -0.15) is 0 Å². The minimum Gasteiger partial charge on any atom is -0.462 e. The number of esters is 1. The summed E-state index contributed by atoms with van der Waals surface area (Å²) in [5.74, 6) is -0.231. The molecule has 1 aromatic carbocycles. The average molecular weight is 306 g/mol. The van der Waals surface area contributed by atoms with Crippen molar-refractivity contribution in [1.29, 1.82) is 0 Å². The maximum absolute atomic E-state index is 12.6. The van der Waals surface area contributed by atoms with Crippen LogP contribution in [-0.4, -0.2) is 18.0 Å². The van der Waals surface area contributed by atoms with Crippen LogP contribution in [0.15, 0.2) is 18.2 Å². The quantitative estimate of drug-likeness (QED) is 0.855. The minimum atomic E-state index is -0.249. The first-order valence-electron chi connectivity index (χ1n) is 7.32. The zero-order chi connectivity index (χ0) is 14.7. The molecule has 21 heavy (non-hydrogen) atoms. The molecule has 1 aliphatic heterocycles. The molecular weight excluding hydrogens is 290 g/mol. The number of hydrogen-bond donors (Lipinski definition) is 1. The lowest BCUT2D eigenvalue weighted by Gasteiger charge is -2.23. The Bertz CT molecular complexity index is 642. The molecule has 1 aromatic rings. The van der Waals surface area contributed by atoms with Crippen LogP contribution in [0.4, 0.5) is 5.69 Å². The summed E-state index contributed by atoms with van der Waals surface area (Å²) in [6.45, 7) is 1.92. The van der Waals surface area contributed by atoms with Gasteiger partial charge in [0.15, 0.2) is 0 Å². The van der Waals surface area contributed by atoms with E-state index in [0.29, 0.717) is 10.7 Å². The van der Waals surface area contributed by atoms with E-state index in [1.807, 2.05) is 19.1 Å². The van der Waals surface area contributed by atoms with Gasteiger partial charge in [-0.05, 0) is 43.4 Å². The zero-order valence-electron chi connectivity index (χ0n) is 11.6. The fourth-order valence-corrected chi connectivity index (χ4v) is 4.44. The van der Waals surface area contributed by atoms with Gasteiger partial charge in [0.25, 0.3) is 0 Å². The standard InChI is InChI=1S/C16H16ClNO3/c1-7-2-3-9(6-11(7)17)18-15(19)13-8-4-10-12(5-8)21-16(20)14(10)13/h2-3,6,8,10,12-14H,4-5H2,1H3,(H,18,19)/t8-,10-,12-,13-,14-/m0/s1. The van der Waals surface area contributed by atoms with Crippen LogP contribution in [0.25, 0.3) is 0 Å². The van der Waals surface area contributed by atoms with Gasteiger partial charge >= 0.3 is 5.97 Å². The average Bonchev–Trinajstić information content (AvgIpc) is 3.04. The highest BCUT2D eigenvalue weighted by atomic mass is 35.5. The summed E-state index contributed by atoms with van der Waals surface area (Å²) in [5.41, 5.74) is 1.65. The molecule has 5 atom stereocenters. The van der Waals surface area contributed by atoms with E-state index in [-0.39, 0.29) is 41.7 Å². The Labute approximate surface area is 127 Å². The number of fused-ring (bicyclic) bond motifs is 1. The summed E-state index contributed by atoms with van der Waals surface area (Å²) in [4.78, 5) is 24.5. The molecule has 4 nitrogen and oxygen atoms in total. The van der Waals surface area contributed by atoms with Crippen molar-refractivity contribution < 1.29 is 14.3 Å². The molecule has 5 heteroatoms. The maximum atomic E-state index is 12.6. The second-order valence-electron chi connectivity index (χ2n) is 6.38. The molecule has 1 heterocycles. The monoisotopic (exact) mass is 305 g/mol. The van der Waals surface area contributed by atoms with Crippen LogP contribution in [0, 0.1) is 30.6 Å². The van der Waals surface area contributed by atoms with Crippen LogP contribution in [0.2, 0.25) is 5.02 Å². The highest BCUT2D eigenvalue weighted by Crippen LogP contribution is 2.57. The van der Waals surface area contributed by atoms with E-state index in [0.717, 1.165) is 18.4 Å². The third kappa shape index (κ3) is 1.89. The van der Waals surface area contributed by atoms with Crippen LogP contribution in [0.5, 0.6) is 0 Å².